The number of rotatable bonds is 4. The number of ether oxygens (including phenoxy) is 4. The molecule has 3 fully saturated rings. The molecule has 28 heavy (non-hydrogen) atoms. The zero-order valence-corrected chi connectivity index (χ0v) is 16.4. The van der Waals surface area contributed by atoms with Gasteiger partial charge in [-0.05, 0) is 43.4 Å². The summed E-state index contributed by atoms with van der Waals surface area (Å²) in [4.78, 5) is 15.8. The van der Waals surface area contributed by atoms with Crippen molar-refractivity contribution in [3.8, 4) is 11.5 Å². The fraction of sp³-hybridized carbons (Fsp3) is 0.591. The zero-order chi connectivity index (χ0) is 19.3. The summed E-state index contributed by atoms with van der Waals surface area (Å²) in [7, 11) is 3.20. The van der Waals surface area contributed by atoms with Gasteiger partial charge < -0.3 is 18.9 Å². The topological polar surface area (TPSA) is 57.2 Å². The monoisotopic (exact) mass is 385 g/mol. The van der Waals surface area contributed by atoms with E-state index in [1.807, 2.05) is 18.2 Å². The Morgan fingerprint density at radius 3 is 2.64 bits per heavy atom. The number of Topliss-reactive ketones (excluding diaryl/α,β-unsaturated/α-hetero) is 1. The Balaban J connectivity index is 1.40. The average Bonchev–Trinajstić information content (AvgIpc) is 3.58. The molecule has 4 atom stereocenters. The molecule has 0 aromatic heterocycles. The van der Waals surface area contributed by atoms with Crippen LogP contribution in [0, 0.1) is 11.8 Å². The van der Waals surface area contributed by atoms with Crippen LogP contribution in [0.15, 0.2) is 24.5 Å². The molecule has 0 bridgehead atoms. The lowest BCUT2D eigenvalue weighted by atomic mass is 9.71. The van der Waals surface area contributed by atoms with Gasteiger partial charge >= 0.3 is 0 Å². The van der Waals surface area contributed by atoms with Crippen molar-refractivity contribution in [3.05, 3.63) is 30.0 Å². The maximum Gasteiger partial charge on any atom is 0.173 e. The zero-order valence-electron chi connectivity index (χ0n) is 16.4. The van der Waals surface area contributed by atoms with Crippen LogP contribution in [0.4, 0.5) is 0 Å². The Morgan fingerprint density at radius 1 is 1.07 bits per heavy atom. The van der Waals surface area contributed by atoms with Gasteiger partial charge in [0.25, 0.3) is 0 Å². The van der Waals surface area contributed by atoms with E-state index in [4.69, 9.17) is 18.9 Å². The maximum absolute atomic E-state index is 13.3. The molecule has 2 aliphatic heterocycles. The predicted octanol–water partition coefficient (Wildman–Crippen LogP) is 2.86. The Morgan fingerprint density at radius 2 is 1.89 bits per heavy atom. The van der Waals surface area contributed by atoms with Crippen molar-refractivity contribution in [1.29, 1.82) is 0 Å². The van der Waals surface area contributed by atoms with Gasteiger partial charge in [0.2, 0.25) is 0 Å². The number of nitrogens with zero attached hydrogens (tertiary/aromatic N) is 1. The summed E-state index contributed by atoms with van der Waals surface area (Å²) >= 11 is 0. The highest BCUT2D eigenvalue weighted by atomic mass is 16.5. The fourth-order valence-corrected chi connectivity index (χ4v) is 4.96. The minimum absolute atomic E-state index is 0.0864. The number of benzene rings is 1. The molecule has 150 valence electrons. The van der Waals surface area contributed by atoms with Crippen LogP contribution in [0.5, 0.6) is 11.5 Å². The second-order valence-electron chi connectivity index (χ2n) is 8.25. The lowest BCUT2D eigenvalue weighted by Crippen LogP contribution is -2.56. The molecule has 6 nitrogen and oxygen atoms in total. The molecule has 4 aliphatic rings. The molecule has 4 unspecified atom stereocenters. The molecule has 0 amide bonds. The van der Waals surface area contributed by atoms with Crippen LogP contribution >= 0.6 is 0 Å². The highest BCUT2D eigenvalue weighted by Gasteiger charge is 2.50. The summed E-state index contributed by atoms with van der Waals surface area (Å²) in [6.07, 6.45) is 6.05. The smallest absolute Gasteiger partial charge is 0.173 e. The molecule has 5 rings (SSSR count). The number of carbonyl (C=O) groups excluding carboxylic acids is 1. The SMILES string of the molecule is COc1ccc(C2=COC3C(CCC4OCN(C5CC5)CC43)C2=O)cc1OC. The van der Waals surface area contributed by atoms with Crippen LogP contribution in [-0.2, 0) is 14.3 Å². The van der Waals surface area contributed by atoms with Crippen LogP contribution < -0.4 is 9.47 Å². The van der Waals surface area contributed by atoms with E-state index in [0.717, 1.165) is 31.7 Å². The molecule has 0 N–H and O–H groups in total. The van der Waals surface area contributed by atoms with E-state index in [0.29, 0.717) is 23.1 Å². The molecule has 1 aromatic rings. The van der Waals surface area contributed by atoms with Crippen LogP contribution in [0.3, 0.4) is 0 Å². The van der Waals surface area contributed by atoms with Gasteiger partial charge in [-0.3, -0.25) is 9.69 Å². The largest absolute Gasteiger partial charge is 0.496 e. The van der Waals surface area contributed by atoms with Crippen molar-refractivity contribution < 1.29 is 23.7 Å². The summed E-state index contributed by atoms with van der Waals surface area (Å²) < 4.78 is 23.0. The molecule has 2 heterocycles. The normalized spacial score (nSPS) is 32.6. The highest BCUT2D eigenvalue weighted by Crippen LogP contribution is 2.44. The lowest BCUT2D eigenvalue weighted by Gasteiger charge is -2.48. The number of carbonyl (C=O) groups is 1. The number of fused-ring (bicyclic) bond motifs is 3. The standard InChI is InChI=1S/C22H27NO5/c1-25-19-7-3-13(9-20(19)26-2)17-11-27-22-15(21(17)24)6-8-18-16(22)10-23(12-28-18)14-4-5-14/h3,7,9,11,14-16,18,22H,4-6,8,10,12H2,1-2H3. The van der Waals surface area contributed by atoms with Gasteiger partial charge in [-0.1, -0.05) is 6.07 Å². The fourth-order valence-electron chi connectivity index (χ4n) is 4.96. The number of hydrogen-bond donors (Lipinski definition) is 0. The van der Waals surface area contributed by atoms with Crippen molar-refractivity contribution in [2.45, 2.75) is 43.9 Å². The van der Waals surface area contributed by atoms with E-state index in [-0.39, 0.29) is 29.8 Å². The predicted molar refractivity (Wildman–Crippen MR) is 103 cm³/mol. The van der Waals surface area contributed by atoms with Crippen molar-refractivity contribution in [3.63, 3.8) is 0 Å². The van der Waals surface area contributed by atoms with Crippen LogP contribution in [0.2, 0.25) is 0 Å². The minimum atomic E-state index is -0.0999. The molecule has 0 radical (unpaired) electrons. The first-order valence-electron chi connectivity index (χ1n) is 10.2. The van der Waals surface area contributed by atoms with Gasteiger partial charge in [0, 0.05) is 18.5 Å². The minimum Gasteiger partial charge on any atom is -0.496 e. The lowest BCUT2D eigenvalue weighted by molar-refractivity contribution is -0.171. The first-order valence-corrected chi connectivity index (χ1v) is 10.2. The number of hydrogen-bond acceptors (Lipinski definition) is 6. The van der Waals surface area contributed by atoms with Crippen molar-refractivity contribution in [1.82, 2.24) is 4.90 Å². The van der Waals surface area contributed by atoms with Gasteiger partial charge in [0.15, 0.2) is 17.3 Å². The molecule has 6 heteroatoms. The average molecular weight is 385 g/mol. The summed E-state index contributed by atoms with van der Waals surface area (Å²) in [6, 6.07) is 6.22. The molecule has 0 spiro atoms. The highest BCUT2D eigenvalue weighted by molar-refractivity contribution is 6.22. The van der Waals surface area contributed by atoms with E-state index < -0.39 is 0 Å². The maximum atomic E-state index is 13.3. The Hall–Kier alpha value is -2.05. The van der Waals surface area contributed by atoms with Crippen LogP contribution in [0.25, 0.3) is 5.57 Å². The van der Waals surface area contributed by atoms with Crippen molar-refractivity contribution >= 4 is 11.4 Å². The van der Waals surface area contributed by atoms with Crippen molar-refractivity contribution in [2.75, 3.05) is 27.5 Å². The van der Waals surface area contributed by atoms with Gasteiger partial charge in [0.05, 0.1) is 44.8 Å². The Bertz CT molecular complexity index is 802. The Labute approximate surface area is 165 Å². The Kier molecular flexibility index (Phi) is 4.56. The van der Waals surface area contributed by atoms with Gasteiger partial charge in [-0.15, -0.1) is 0 Å². The molecule has 2 saturated carbocycles. The van der Waals surface area contributed by atoms with Crippen molar-refractivity contribution in [2.24, 2.45) is 11.8 Å². The summed E-state index contributed by atoms with van der Waals surface area (Å²) in [5.74, 6) is 1.59. The van der Waals surface area contributed by atoms with E-state index in [1.54, 1.807) is 20.5 Å². The summed E-state index contributed by atoms with van der Waals surface area (Å²) in [5.41, 5.74) is 1.43. The molecule has 1 aromatic carbocycles. The van der Waals surface area contributed by atoms with Crippen LogP contribution in [-0.4, -0.2) is 56.4 Å². The van der Waals surface area contributed by atoms with E-state index in [9.17, 15) is 4.79 Å². The number of allylic oxidation sites excluding steroid dienone is 1. The van der Waals surface area contributed by atoms with Gasteiger partial charge in [-0.2, -0.15) is 0 Å². The third-order valence-electron chi connectivity index (χ3n) is 6.66. The third kappa shape index (κ3) is 2.99. The van der Waals surface area contributed by atoms with Crippen LogP contribution in [0.1, 0.15) is 31.2 Å². The first-order chi connectivity index (χ1) is 13.7. The molecular weight excluding hydrogens is 358 g/mol. The summed E-state index contributed by atoms with van der Waals surface area (Å²) in [5, 5.41) is 0. The van der Waals surface area contributed by atoms with Gasteiger partial charge in [0.1, 0.15) is 6.10 Å². The molecular formula is C22H27NO5. The quantitative estimate of drug-likeness (QED) is 0.794. The summed E-state index contributed by atoms with van der Waals surface area (Å²) in [6.45, 7) is 1.70. The second kappa shape index (κ2) is 7.08. The van der Waals surface area contributed by atoms with Gasteiger partial charge in [-0.25, -0.2) is 0 Å². The third-order valence-corrected chi connectivity index (χ3v) is 6.66. The molecule has 2 aliphatic carbocycles. The van der Waals surface area contributed by atoms with E-state index in [2.05, 4.69) is 4.90 Å². The number of methoxy groups -OCH3 is 2. The van der Waals surface area contributed by atoms with E-state index in [1.165, 1.54) is 12.8 Å². The first kappa shape index (κ1) is 18.0. The van der Waals surface area contributed by atoms with E-state index >= 15 is 0 Å². The second-order valence-corrected chi connectivity index (χ2v) is 8.25. The molecule has 1 saturated heterocycles. The number of ketones is 1.